The zero-order valence-electron chi connectivity index (χ0n) is 13.5. The fraction of sp³-hybridized carbons (Fsp3) is 0.444. The van der Waals surface area contributed by atoms with Gasteiger partial charge in [0.2, 0.25) is 5.91 Å². The third-order valence-electron chi connectivity index (χ3n) is 5.06. The largest absolute Gasteiger partial charge is 0.341 e. The maximum Gasteiger partial charge on any atom is 0.230 e. The second kappa shape index (κ2) is 5.90. The van der Waals surface area contributed by atoms with Gasteiger partial charge in [0, 0.05) is 42.5 Å². The average Bonchev–Trinajstić information content (AvgIpc) is 2.98. The number of carbonyl (C=O) groups excluding carboxylic acids is 1. The van der Waals surface area contributed by atoms with Crippen LogP contribution in [-0.4, -0.2) is 39.5 Å². The molecule has 1 aliphatic carbocycles. The molecule has 24 heavy (non-hydrogen) atoms. The van der Waals surface area contributed by atoms with Gasteiger partial charge in [-0.1, -0.05) is 23.7 Å². The molecule has 2 aromatic rings. The van der Waals surface area contributed by atoms with Crippen molar-refractivity contribution in [2.75, 3.05) is 13.1 Å². The molecule has 6 heteroatoms. The Morgan fingerprint density at radius 1 is 1.42 bits per heavy atom. The molecule has 1 unspecified atom stereocenters. The van der Waals surface area contributed by atoms with E-state index in [0.29, 0.717) is 18.1 Å². The summed E-state index contributed by atoms with van der Waals surface area (Å²) in [6.45, 7) is 2.17. The number of hydrogen-bond acceptors (Lipinski definition) is 3. The van der Waals surface area contributed by atoms with Crippen LogP contribution in [-0.2, 0) is 11.3 Å². The fourth-order valence-electron chi connectivity index (χ4n) is 3.49. The standard InChI is InChI=1S/C18H21ClN4O/c19-14-3-1-2-13(8-14)16-10-22(12-21-16)11-18(5-6-18)17(24)23-7-4-15(20)9-23/h1-3,8,10,12,15H,4-7,9,11,20H2. The van der Waals surface area contributed by atoms with Crippen LogP contribution in [0.25, 0.3) is 11.3 Å². The molecular weight excluding hydrogens is 324 g/mol. The lowest BCUT2D eigenvalue weighted by Gasteiger charge is -2.23. The number of amides is 1. The van der Waals surface area contributed by atoms with Crippen LogP contribution in [0.2, 0.25) is 5.02 Å². The number of halogens is 1. The van der Waals surface area contributed by atoms with Gasteiger partial charge in [0.05, 0.1) is 17.4 Å². The number of nitrogens with two attached hydrogens (primary N) is 1. The lowest BCUT2D eigenvalue weighted by Crippen LogP contribution is -2.39. The summed E-state index contributed by atoms with van der Waals surface area (Å²) in [5.41, 5.74) is 7.55. The molecule has 4 rings (SSSR count). The number of carbonyl (C=O) groups is 1. The Morgan fingerprint density at radius 2 is 2.25 bits per heavy atom. The normalized spacial score (nSPS) is 21.9. The van der Waals surface area contributed by atoms with E-state index < -0.39 is 0 Å². The Balaban J connectivity index is 1.49. The number of hydrogen-bond donors (Lipinski definition) is 1. The molecule has 126 valence electrons. The Hall–Kier alpha value is -1.85. The fourth-order valence-corrected chi connectivity index (χ4v) is 3.68. The quantitative estimate of drug-likeness (QED) is 0.927. The lowest BCUT2D eigenvalue weighted by molar-refractivity contribution is -0.136. The van der Waals surface area contributed by atoms with Crippen molar-refractivity contribution in [2.45, 2.75) is 31.8 Å². The van der Waals surface area contributed by atoms with Gasteiger partial charge >= 0.3 is 0 Å². The van der Waals surface area contributed by atoms with Crippen LogP contribution in [0.5, 0.6) is 0 Å². The maximum absolute atomic E-state index is 12.8. The molecule has 0 bridgehead atoms. The van der Waals surface area contributed by atoms with E-state index >= 15 is 0 Å². The highest BCUT2D eigenvalue weighted by Crippen LogP contribution is 2.49. The first kappa shape index (κ1) is 15.7. The Bertz CT molecular complexity index is 768. The van der Waals surface area contributed by atoms with Crippen molar-refractivity contribution in [1.82, 2.24) is 14.5 Å². The summed E-state index contributed by atoms with van der Waals surface area (Å²) >= 11 is 6.05. The second-order valence-corrected chi connectivity index (χ2v) is 7.46. The summed E-state index contributed by atoms with van der Waals surface area (Å²) in [6, 6.07) is 7.78. The summed E-state index contributed by atoms with van der Waals surface area (Å²) < 4.78 is 2.02. The highest BCUT2D eigenvalue weighted by molar-refractivity contribution is 6.30. The van der Waals surface area contributed by atoms with E-state index in [9.17, 15) is 4.79 Å². The molecule has 1 atom stereocenters. The Kier molecular flexibility index (Phi) is 3.85. The molecule has 2 fully saturated rings. The van der Waals surface area contributed by atoms with E-state index in [1.54, 1.807) is 6.33 Å². The number of aromatic nitrogens is 2. The van der Waals surface area contributed by atoms with E-state index in [-0.39, 0.29) is 17.4 Å². The second-order valence-electron chi connectivity index (χ2n) is 7.02. The van der Waals surface area contributed by atoms with Crippen molar-refractivity contribution in [3.63, 3.8) is 0 Å². The molecular formula is C18H21ClN4O. The van der Waals surface area contributed by atoms with Crippen LogP contribution in [0.4, 0.5) is 0 Å². The van der Waals surface area contributed by atoms with Crippen molar-refractivity contribution in [3.8, 4) is 11.3 Å². The van der Waals surface area contributed by atoms with Gasteiger partial charge in [-0.05, 0) is 31.4 Å². The Labute approximate surface area is 146 Å². The minimum atomic E-state index is -0.254. The van der Waals surface area contributed by atoms with E-state index in [0.717, 1.165) is 37.1 Å². The highest BCUT2D eigenvalue weighted by atomic mass is 35.5. The average molecular weight is 345 g/mol. The molecule has 2 aliphatic rings. The number of rotatable bonds is 4. The minimum Gasteiger partial charge on any atom is -0.341 e. The molecule has 1 saturated heterocycles. The van der Waals surface area contributed by atoms with Crippen LogP contribution in [0.15, 0.2) is 36.8 Å². The summed E-state index contributed by atoms with van der Waals surface area (Å²) in [7, 11) is 0. The first-order valence-electron chi connectivity index (χ1n) is 8.38. The van der Waals surface area contributed by atoms with E-state index in [4.69, 9.17) is 17.3 Å². The van der Waals surface area contributed by atoms with Gasteiger partial charge in [-0.3, -0.25) is 4.79 Å². The minimum absolute atomic E-state index is 0.132. The molecule has 1 aliphatic heterocycles. The summed E-state index contributed by atoms with van der Waals surface area (Å²) in [4.78, 5) is 19.2. The first-order chi connectivity index (χ1) is 11.6. The van der Waals surface area contributed by atoms with E-state index in [1.807, 2.05) is 39.9 Å². The molecule has 0 spiro atoms. The van der Waals surface area contributed by atoms with Gasteiger partial charge in [-0.2, -0.15) is 0 Å². The number of nitrogens with zero attached hydrogens (tertiary/aromatic N) is 3. The molecule has 1 aromatic carbocycles. The highest BCUT2D eigenvalue weighted by Gasteiger charge is 2.52. The van der Waals surface area contributed by atoms with Gasteiger partial charge in [-0.25, -0.2) is 4.98 Å². The maximum atomic E-state index is 12.8. The van der Waals surface area contributed by atoms with Crippen LogP contribution in [0.1, 0.15) is 19.3 Å². The molecule has 1 saturated carbocycles. The van der Waals surface area contributed by atoms with Crippen molar-refractivity contribution >= 4 is 17.5 Å². The van der Waals surface area contributed by atoms with Crippen molar-refractivity contribution in [3.05, 3.63) is 41.8 Å². The molecule has 5 nitrogen and oxygen atoms in total. The number of benzene rings is 1. The summed E-state index contributed by atoms with van der Waals surface area (Å²) in [6.07, 6.45) is 6.60. The predicted octanol–water partition coefficient (Wildman–Crippen LogP) is 2.54. The zero-order valence-corrected chi connectivity index (χ0v) is 14.2. The third kappa shape index (κ3) is 2.94. The van der Waals surface area contributed by atoms with Gasteiger partial charge in [0.25, 0.3) is 0 Å². The molecule has 1 aromatic heterocycles. The van der Waals surface area contributed by atoms with Crippen LogP contribution in [0, 0.1) is 5.41 Å². The van der Waals surface area contributed by atoms with Crippen LogP contribution >= 0.6 is 11.6 Å². The number of imidazole rings is 1. The monoisotopic (exact) mass is 344 g/mol. The van der Waals surface area contributed by atoms with Crippen LogP contribution in [0.3, 0.4) is 0 Å². The Morgan fingerprint density at radius 3 is 2.92 bits per heavy atom. The van der Waals surface area contributed by atoms with Gasteiger partial charge in [0.15, 0.2) is 0 Å². The van der Waals surface area contributed by atoms with Crippen LogP contribution < -0.4 is 5.73 Å². The van der Waals surface area contributed by atoms with Crippen molar-refractivity contribution in [1.29, 1.82) is 0 Å². The predicted molar refractivity (Wildman–Crippen MR) is 93.5 cm³/mol. The SMILES string of the molecule is NC1CCN(C(=O)C2(Cn3cnc(-c4cccc(Cl)c4)c3)CC2)C1. The topological polar surface area (TPSA) is 64.2 Å². The summed E-state index contributed by atoms with van der Waals surface area (Å²) in [5, 5.41) is 0.696. The zero-order chi connectivity index (χ0) is 16.7. The smallest absolute Gasteiger partial charge is 0.230 e. The van der Waals surface area contributed by atoms with Gasteiger partial charge < -0.3 is 15.2 Å². The molecule has 1 amide bonds. The first-order valence-corrected chi connectivity index (χ1v) is 8.76. The number of likely N-dealkylation sites (tertiary alicyclic amines) is 1. The van der Waals surface area contributed by atoms with E-state index in [1.165, 1.54) is 0 Å². The van der Waals surface area contributed by atoms with Crippen molar-refractivity contribution in [2.24, 2.45) is 11.1 Å². The third-order valence-corrected chi connectivity index (χ3v) is 5.29. The van der Waals surface area contributed by atoms with Crippen molar-refractivity contribution < 1.29 is 4.79 Å². The summed E-state index contributed by atoms with van der Waals surface area (Å²) in [5.74, 6) is 0.258. The van der Waals surface area contributed by atoms with Gasteiger partial charge in [0.1, 0.15) is 0 Å². The van der Waals surface area contributed by atoms with Gasteiger partial charge in [-0.15, -0.1) is 0 Å². The lowest BCUT2D eigenvalue weighted by atomic mass is 10.1. The molecule has 2 N–H and O–H groups in total. The molecule has 0 radical (unpaired) electrons. The van der Waals surface area contributed by atoms with E-state index in [2.05, 4.69) is 4.98 Å². The molecule has 2 heterocycles.